The molecule has 9 rings (SSSR count). The third-order valence-electron chi connectivity index (χ3n) is 13.1. The van der Waals surface area contributed by atoms with Crippen LogP contribution in [0.3, 0.4) is 0 Å². The molecule has 0 radical (unpaired) electrons. The summed E-state index contributed by atoms with van der Waals surface area (Å²) in [5.74, 6) is -5.40. The van der Waals surface area contributed by atoms with Gasteiger partial charge in [-0.25, -0.2) is 8.78 Å². The van der Waals surface area contributed by atoms with Crippen molar-refractivity contribution in [3.8, 4) is 11.5 Å². The molecule has 0 saturated carbocycles. The number of carbonyl (C=O) groups is 3. The average Bonchev–Trinajstić information content (AvgIpc) is 4.07. The minimum atomic E-state index is -4.58. The number of fused-ring (bicyclic) bond motifs is 2. The first-order valence-electron chi connectivity index (χ1n) is 22.4. The van der Waals surface area contributed by atoms with E-state index >= 15 is 0 Å². The fraction of sp³-hybridized carbons (Fsp3) is 0.300. The second kappa shape index (κ2) is 26.1. The van der Waals surface area contributed by atoms with Crippen molar-refractivity contribution in [1.29, 1.82) is 0 Å². The Kier molecular flexibility index (Phi) is 21.3. The molecule has 2 saturated heterocycles. The van der Waals surface area contributed by atoms with Crippen molar-refractivity contribution in [1.82, 2.24) is 29.8 Å². The normalized spacial score (nSPS) is 18.0. The maximum Gasteiger partial charge on any atom is 1.00 e. The number of hydrogen-bond acceptors (Lipinski definition) is 11. The van der Waals surface area contributed by atoms with Gasteiger partial charge in [-0.15, -0.1) is 0 Å². The van der Waals surface area contributed by atoms with E-state index in [-0.39, 0.29) is 128 Å². The molecule has 25 heteroatoms. The molecule has 6 aromatic rings. The van der Waals surface area contributed by atoms with E-state index in [2.05, 4.69) is 20.2 Å². The SMILES string of the molecule is C[C@H]([C@H](c1ccc(F)cc1)c1cccc(C(F)(F)F)c1)[C@H]1CCCN1C(=O)c1[nH]ncc(=O)c1O.O=C1c2c(O)c(=O)cnn2C([C@H](c2ccc(F)cc2)c2cccc(C(F)(F)F)c2)[C@H]2CCCN12.O=CO[O-].[H-].[K+].[K+]. The van der Waals surface area contributed by atoms with Crippen molar-refractivity contribution < 1.29 is 174 Å². The van der Waals surface area contributed by atoms with Crippen LogP contribution < -0.4 is 119 Å². The van der Waals surface area contributed by atoms with Crippen LogP contribution >= 0.6 is 0 Å². The Bertz CT molecular complexity index is 3100. The maximum atomic E-state index is 13.7. The molecule has 3 N–H and O–H groups in total. The average molecular weight is 1100 g/mol. The first kappa shape index (κ1) is 61.2. The van der Waals surface area contributed by atoms with Gasteiger partial charge in [0.2, 0.25) is 10.9 Å². The van der Waals surface area contributed by atoms with Crippen LogP contribution in [-0.4, -0.2) is 83.5 Å². The van der Waals surface area contributed by atoms with E-state index in [4.69, 9.17) is 10.1 Å². The molecule has 75 heavy (non-hydrogen) atoms. The van der Waals surface area contributed by atoms with Crippen molar-refractivity contribution in [2.45, 2.75) is 74.9 Å². The number of carbonyl (C=O) groups excluding carboxylic acids is 3. The van der Waals surface area contributed by atoms with Crippen LogP contribution in [0.2, 0.25) is 0 Å². The summed E-state index contributed by atoms with van der Waals surface area (Å²) >= 11 is 0. The van der Waals surface area contributed by atoms with Crippen LogP contribution in [0.25, 0.3) is 0 Å². The molecular weight excluding hydrogens is 1060 g/mol. The maximum absolute atomic E-state index is 13.7. The number of rotatable bonds is 9. The van der Waals surface area contributed by atoms with Crippen LogP contribution in [0.5, 0.6) is 11.5 Å². The van der Waals surface area contributed by atoms with Gasteiger partial charge >= 0.3 is 115 Å². The van der Waals surface area contributed by atoms with Gasteiger partial charge in [0.15, 0.2) is 22.9 Å². The second-order valence-electron chi connectivity index (χ2n) is 17.4. The number of likely N-dealkylation sites (tertiary alicyclic amines) is 1. The van der Waals surface area contributed by atoms with Gasteiger partial charge in [0, 0.05) is 31.0 Å². The Hall–Kier alpha value is -4.68. The number of benzene rings is 4. The first-order valence-corrected chi connectivity index (χ1v) is 22.4. The Morgan fingerprint density at radius 3 is 1.88 bits per heavy atom. The minimum absolute atomic E-state index is 0. The zero-order chi connectivity index (χ0) is 52.9. The summed E-state index contributed by atoms with van der Waals surface area (Å²) < 4.78 is 110. The van der Waals surface area contributed by atoms with Gasteiger partial charge in [-0.3, -0.25) is 33.8 Å². The van der Waals surface area contributed by atoms with Crippen LogP contribution in [0, 0.1) is 17.6 Å². The fourth-order valence-corrected chi connectivity index (χ4v) is 9.99. The first-order chi connectivity index (χ1) is 34.7. The number of aromatic hydroxyl groups is 2. The van der Waals surface area contributed by atoms with Crippen molar-refractivity contribution in [3.05, 3.63) is 186 Å². The van der Waals surface area contributed by atoms with Gasteiger partial charge in [0.05, 0.1) is 35.6 Å². The number of nitrogens with zero attached hydrogens (tertiary/aromatic N) is 5. The number of hydrogen-bond donors (Lipinski definition) is 3. The van der Waals surface area contributed by atoms with E-state index in [0.717, 1.165) is 36.7 Å². The minimum Gasteiger partial charge on any atom is -1.00 e. The van der Waals surface area contributed by atoms with Gasteiger partial charge in [-0.05, 0) is 90.3 Å². The van der Waals surface area contributed by atoms with Gasteiger partial charge in [-0.1, -0.05) is 67.6 Å². The molecule has 386 valence electrons. The van der Waals surface area contributed by atoms with Gasteiger partial charge < -0.3 is 31.6 Å². The molecule has 3 aliphatic rings. The van der Waals surface area contributed by atoms with Crippen LogP contribution in [0.4, 0.5) is 35.1 Å². The Balaban J connectivity index is 0.000000296. The van der Waals surface area contributed by atoms with E-state index in [9.17, 15) is 64.5 Å². The summed E-state index contributed by atoms with van der Waals surface area (Å²) in [5, 5.41) is 39.1. The zero-order valence-electron chi connectivity index (χ0n) is 41.2. The van der Waals surface area contributed by atoms with Crippen molar-refractivity contribution in [2.75, 3.05) is 13.1 Å². The fourth-order valence-electron chi connectivity index (χ4n) is 9.99. The van der Waals surface area contributed by atoms with E-state index in [0.29, 0.717) is 61.0 Å². The number of nitrogens with one attached hydrogen (secondary N) is 1. The predicted molar refractivity (Wildman–Crippen MR) is 241 cm³/mol. The monoisotopic (exact) mass is 1100 g/mol. The smallest absolute Gasteiger partial charge is 1.00 e. The number of halogens is 8. The molecule has 6 atom stereocenters. The van der Waals surface area contributed by atoms with Crippen LogP contribution in [0.15, 0.2) is 119 Å². The third-order valence-corrected chi connectivity index (χ3v) is 13.1. The van der Waals surface area contributed by atoms with Crippen molar-refractivity contribution in [3.63, 3.8) is 0 Å². The summed E-state index contributed by atoms with van der Waals surface area (Å²) in [4.78, 5) is 64.5. The molecule has 2 fully saturated rings. The molecule has 3 aliphatic heterocycles. The number of aromatic nitrogens is 4. The molecule has 1 unspecified atom stereocenters. The molecule has 2 aromatic heterocycles. The molecule has 0 bridgehead atoms. The van der Waals surface area contributed by atoms with E-state index in [1.165, 1.54) is 75.1 Å². The second-order valence-corrected chi connectivity index (χ2v) is 17.4. The third kappa shape index (κ3) is 13.7. The Morgan fingerprint density at radius 2 is 1.31 bits per heavy atom. The Labute approximate surface area is 508 Å². The molecule has 5 heterocycles. The quantitative estimate of drug-likeness (QED) is 0.0619. The van der Waals surface area contributed by atoms with E-state index in [1.54, 1.807) is 12.1 Å². The largest absolute Gasteiger partial charge is 1.00 e. The zero-order valence-corrected chi connectivity index (χ0v) is 46.4. The molecule has 15 nitrogen and oxygen atoms in total. The van der Waals surface area contributed by atoms with Gasteiger partial charge in [0.1, 0.15) is 11.6 Å². The molecule has 4 aromatic carbocycles. The number of amides is 2. The summed E-state index contributed by atoms with van der Waals surface area (Å²) in [5.41, 5.74) is -2.11. The van der Waals surface area contributed by atoms with E-state index in [1.807, 2.05) is 6.92 Å². The number of aromatic amines is 1. The molecular formula is C50H44F8K2N6O9. The van der Waals surface area contributed by atoms with Crippen LogP contribution in [0.1, 0.15) is 106 Å². The predicted octanol–water partition coefficient (Wildman–Crippen LogP) is 1.36. The topological polar surface area (TPSA) is 211 Å². The Morgan fingerprint density at radius 1 is 0.773 bits per heavy atom. The molecule has 2 amide bonds. The summed E-state index contributed by atoms with van der Waals surface area (Å²) in [6.45, 7) is 2.36. The standard InChI is InChI=1S/C25H23F4N3O3.C24H19F4N3O3.CH2O3.2K.H/c1-14(19-6-3-11-32(19)24(35)22-23(34)20(33)13-30-31-22)21(15-7-9-18(26)10-8-15)16-4-2-5-17(12-16)25(27,28)29;25-16-8-6-13(7-9-16)19(14-3-1-4-15(11-14)24(26,27)28)20-17-5-2-10-30(17)23(34)21-22(33)18(32)12-29-31(20)21;2-1-4-3;;;/h2,4-5,7-10,12-14,19,21H,3,6,11H2,1H3,(H,30,34)(H,31,33);1,3-4,6-9,11-12,17,19-20,33H,2,5,10H2;1,3H;;;/q;;;2*+1;-1/p-1/t14-,19+,21+;17-,19-,20?;;;;/m01..../s1. The number of H-pyrrole nitrogens is 1. The summed E-state index contributed by atoms with van der Waals surface area (Å²) in [6, 6.07) is 19.2. The van der Waals surface area contributed by atoms with E-state index < -0.39 is 99.2 Å². The van der Waals surface area contributed by atoms with Crippen molar-refractivity contribution >= 4 is 18.3 Å². The van der Waals surface area contributed by atoms with Gasteiger partial charge in [0.25, 0.3) is 18.3 Å². The van der Waals surface area contributed by atoms with Gasteiger partial charge in [-0.2, -0.15) is 36.5 Å². The molecule has 0 aliphatic carbocycles. The molecule has 0 spiro atoms. The van der Waals surface area contributed by atoms with Crippen molar-refractivity contribution in [2.24, 2.45) is 5.92 Å². The summed E-state index contributed by atoms with van der Waals surface area (Å²) in [7, 11) is 0. The summed E-state index contributed by atoms with van der Waals surface area (Å²) in [6.07, 6.45) is -4.98. The van der Waals surface area contributed by atoms with Crippen LogP contribution in [-0.2, 0) is 22.0 Å². The number of alkyl halides is 6.